The minimum Gasteiger partial charge on any atom is -0.481 e. The highest BCUT2D eigenvalue weighted by atomic mass is 16.5. The van der Waals surface area contributed by atoms with Crippen LogP contribution in [0.5, 0.6) is 0 Å². The van der Waals surface area contributed by atoms with Crippen LogP contribution in [0.4, 0.5) is 0 Å². The van der Waals surface area contributed by atoms with Gasteiger partial charge in [-0.05, 0) is 18.6 Å². The van der Waals surface area contributed by atoms with Crippen molar-refractivity contribution in [1.29, 1.82) is 0 Å². The van der Waals surface area contributed by atoms with Gasteiger partial charge in [0.25, 0.3) is 5.91 Å². The highest BCUT2D eigenvalue weighted by Crippen LogP contribution is 2.16. The van der Waals surface area contributed by atoms with E-state index >= 15 is 0 Å². The molecule has 1 unspecified atom stereocenters. The molecule has 1 N–H and O–H groups in total. The normalized spacial score (nSPS) is 17.7. The van der Waals surface area contributed by atoms with Crippen LogP contribution in [0.1, 0.15) is 22.3 Å². The minimum atomic E-state index is -0.929. The fraction of sp³-hybridized carbons (Fsp3) is 0.353. The van der Waals surface area contributed by atoms with Gasteiger partial charge in [-0.2, -0.15) is 5.10 Å². The molecule has 1 aliphatic heterocycles. The first-order chi connectivity index (χ1) is 11.5. The number of morpholine rings is 1. The largest absolute Gasteiger partial charge is 0.481 e. The maximum atomic E-state index is 12.6. The number of ether oxygens (including phenoxy) is 1. The molecule has 2 aromatic rings. The van der Waals surface area contributed by atoms with Crippen LogP contribution in [0.15, 0.2) is 36.7 Å². The summed E-state index contributed by atoms with van der Waals surface area (Å²) in [7, 11) is 0. The number of aryl methyl sites for hydroxylation is 1. The number of carbonyl (C=O) groups excluding carboxylic acids is 1. The molecular formula is C17H19N3O4. The highest BCUT2D eigenvalue weighted by Gasteiger charge is 2.27. The van der Waals surface area contributed by atoms with E-state index in [1.807, 2.05) is 31.2 Å². The summed E-state index contributed by atoms with van der Waals surface area (Å²) in [5, 5.41) is 13.1. The summed E-state index contributed by atoms with van der Waals surface area (Å²) in [5.41, 5.74) is 2.46. The van der Waals surface area contributed by atoms with Gasteiger partial charge in [-0.25, -0.2) is 4.68 Å². The van der Waals surface area contributed by atoms with Crippen molar-refractivity contribution < 1.29 is 19.4 Å². The van der Waals surface area contributed by atoms with Crippen molar-refractivity contribution in [2.45, 2.75) is 19.4 Å². The van der Waals surface area contributed by atoms with Crippen LogP contribution >= 0.6 is 0 Å². The Bertz CT molecular complexity index is 756. The molecule has 0 aliphatic carbocycles. The summed E-state index contributed by atoms with van der Waals surface area (Å²) in [5.74, 6) is -1.09. The smallest absolute Gasteiger partial charge is 0.306 e. The molecule has 0 saturated carbocycles. The second-order valence-corrected chi connectivity index (χ2v) is 5.80. The first-order valence-corrected chi connectivity index (χ1v) is 7.78. The lowest BCUT2D eigenvalue weighted by molar-refractivity contribution is -0.141. The highest BCUT2D eigenvalue weighted by molar-refractivity contribution is 5.94. The van der Waals surface area contributed by atoms with Gasteiger partial charge in [-0.15, -0.1) is 0 Å². The molecule has 1 fully saturated rings. The van der Waals surface area contributed by atoms with Crippen molar-refractivity contribution in [2.75, 3.05) is 19.7 Å². The lowest BCUT2D eigenvalue weighted by atomic mass is 10.2. The second-order valence-electron chi connectivity index (χ2n) is 5.80. The number of rotatable bonds is 4. The van der Waals surface area contributed by atoms with Gasteiger partial charge in [-0.3, -0.25) is 9.59 Å². The molecule has 3 rings (SSSR count). The van der Waals surface area contributed by atoms with Gasteiger partial charge < -0.3 is 14.7 Å². The van der Waals surface area contributed by atoms with E-state index in [1.165, 1.54) is 6.20 Å². The van der Waals surface area contributed by atoms with Crippen LogP contribution in [0.2, 0.25) is 0 Å². The number of benzene rings is 1. The van der Waals surface area contributed by atoms with Crippen molar-refractivity contribution in [3.63, 3.8) is 0 Å². The summed E-state index contributed by atoms with van der Waals surface area (Å²) in [4.78, 5) is 25.1. The number of aliphatic carboxylic acids is 1. The van der Waals surface area contributed by atoms with E-state index in [1.54, 1.807) is 15.8 Å². The standard InChI is InChI=1S/C17H19N3O4/c1-12-4-2-3-5-15(12)20-10-13(9-18-20)17(23)19-6-7-24-14(11-19)8-16(21)22/h2-5,9-10,14H,6-8,11H2,1H3,(H,21,22). The van der Waals surface area contributed by atoms with Crippen molar-refractivity contribution in [2.24, 2.45) is 0 Å². The summed E-state index contributed by atoms with van der Waals surface area (Å²) in [6.45, 7) is 3.05. The molecule has 0 spiro atoms. The number of nitrogens with zero attached hydrogens (tertiary/aromatic N) is 3. The minimum absolute atomic E-state index is 0.105. The molecule has 1 aliphatic rings. The number of hydrogen-bond donors (Lipinski definition) is 1. The van der Waals surface area contributed by atoms with E-state index in [2.05, 4.69) is 5.10 Å². The Labute approximate surface area is 139 Å². The molecule has 7 heteroatoms. The second kappa shape index (κ2) is 6.84. The molecule has 1 aromatic heterocycles. The van der Waals surface area contributed by atoms with E-state index in [0.29, 0.717) is 18.7 Å². The maximum Gasteiger partial charge on any atom is 0.306 e. The van der Waals surface area contributed by atoms with E-state index in [9.17, 15) is 9.59 Å². The van der Waals surface area contributed by atoms with E-state index in [4.69, 9.17) is 9.84 Å². The molecule has 126 valence electrons. The number of aromatic nitrogens is 2. The molecule has 24 heavy (non-hydrogen) atoms. The quantitative estimate of drug-likeness (QED) is 0.919. The third-order valence-corrected chi connectivity index (χ3v) is 4.02. The number of para-hydroxylation sites is 1. The molecule has 2 heterocycles. The zero-order chi connectivity index (χ0) is 17.1. The van der Waals surface area contributed by atoms with E-state index in [0.717, 1.165) is 11.3 Å². The lowest BCUT2D eigenvalue weighted by Crippen LogP contribution is -2.46. The molecular weight excluding hydrogens is 310 g/mol. The summed E-state index contributed by atoms with van der Waals surface area (Å²) >= 11 is 0. The molecule has 1 atom stereocenters. The van der Waals surface area contributed by atoms with Crippen LogP contribution in [0.3, 0.4) is 0 Å². The van der Waals surface area contributed by atoms with Gasteiger partial charge in [0.1, 0.15) is 0 Å². The zero-order valence-electron chi connectivity index (χ0n) is 13.4. The number of carboxylic acids is 1. The summed E-state index contributed by atoms with van der Waals surface area (Å²) in [6.07, 6.45) is 2.67. The Kier molecular flexibility index (Phi) is 4.61. The Morgan fingerprint density at radius 3 is 2.92 bits per heavy atom. The fourth-order valence-corrected chi connectivity index (χ4v) is 2.79. The number of amides is 1. The monoisotopic (exact) mass is 329 g/mol. The van der Waals surface area contributed by atoms with E-state index < -0.39 is 12.1 Å². The van der Waals surface area contributed by atoms with Crippen molar-refractivity contribution in [1.82, 2.24) is 14.7 Å². The van der Waals surface area contributed by atoms with Gasteiger partial charge in [0.2, 0.25) is 0 Å². The first-order valence-electron chi connectivity index (χ1n) is 7.78. The van der Waals surface area contributed by atoms with Crippen LogP contribution in [0.25, 0.3) is 5.69 Å². The average Bonchev–Trinajstić information content (AvgIpc) is 3.04. The molecule has 1 aromatic carbocycles. The Balaban J connectivity index is 1.74. The van der Waals surface area contributed by atoms with Gasteiger partial charge in [0, 0.05) is 19.3 Å². The van der Waals surface area contributed by atoms with Gasteiger partial charge >= 0.3 is 5.97 Å². The first kappa shape index (κ1) is 16.2. The topological polar surface area (TPSA) is 84.7 Å². The van der Waals surface area contributed by atoms with Crippen LogP contribution in [-0.4, -0.2) is 57.5 Å². The van der Waals surface area contributed by atoms with Crippen LogP contribution in [0, 0.1) is 6.92 Å². The number of hydrogen-bond acceptors (Lipinski definition) is 4. The predicted octanol–water partition coefficient (Wildman–Crippen LogP) is 1.50. The Morgan fingerprint density at radius 2 is 2.17 bits per heavy atom. The number of carbonyl (C=O) groups is 2. The van der Waals surface area contributed by atoms with Gasteiger partial charge in [0.05, 0.1) is 36.6 Å². The fourth-order valence-electron chi connectivity index (χ4n) is 2.79. The molecule has 7 nitrogen and oxygen atoms in total. The van der Waals surface area contributed by atoms with E-state index in [-0.39, 0.29) is 18.9 Å². The summed E-state index contributed by atoms with van der Waals surface area (Å²) in [6, 6.07) is 7.79. The molecule has 1 amide bonds. The Morgan fingerprint density at radius 1 is 1.38 bits per heavy atom. The third kappa shape index (κ3) is 3.46. The van der Waals surface area contributed by atoms with Gasteiger partial charge in [-0.1, -0.05) is 18.2 Å². The van der Waals surface area contributed by atoms with Crippen molar-refractivity contribution in [3.05, 3.63) is 47.8 Å². The van der Waals surface area contributed by atoms with Crippen molar-refractivity contribution in [3.8, 4) is 5.69 Å². The average molecular weight is 329 g/mol. The Hall–Kier alpha value is -2.67. The number of carboxylic acid groups (broad SMARTS) is 1. The SMILES string of the molecule is Cc1ccccc1-n1cc(C(=O)N2CCOC(CC(=O)O)C2)cn1. The van der Waals surface area contributed by atoms with Crippen LogP contribution in [-0.2, 0) is 9.53 Å². The summed E-state index contributed by atoms with van der Waals surface area (Å²) < 4.78 is 7.08. The van der Waals surface area contributed by atoms with Crippen molar-refractivity contribution >= 4 is 11.9 Å². The van der Waals surface area contributed by atoms with Gasteiger partial charge in [0.15, 0.2) is 0 Å². The predicted molar refractivity (Wildman–Crippen MR) is 86.2 cm³/mol. The maximum absolute atomic E-state index is 12.6. The molecule has 1 saturated heterocycles. The third-order valence-electron chi connectivity index (χ3n) is 4.02. The zero-order valence-corrected chi connectivity index (χ0v) is 13.4. The molecule has 0 bridgehead atoms. The molecule has 0 radical (unpaired) electrons. The van der Waals surface area contributed by atoms with Crippen LogP contribution < -0.4 is 0 Å². The lowest BCUT2D eigenvalue weighted by Gasteiger charge is -2.32.